The van der Waals surface area contributed by atoms with Gasteiger partial charge in [-0.1, -0.05) is 6.07 Å². The van der Waals surface area contributed by atoms with Crippen molar-refractivity contribution in [2.75, 3.05) is 13.2 Å². The van der Waals surface area contributed by atoms with Crippen molar-refractivity contribution in [3.8, 4) is 10.4 Å². The van der Waals surface area contributed by atoms with Crippen LogP contribution in [0, 0.1) is 0 Å². The summed E-state index contributed by atoms with van der Waals surface area (Å²) in [7, 11) is 0. The highest BCUT2D eigenvalue weighted by atomic mass is 32.1. The van der Waals surface area contributed by atoms with Gasteiger partial charge in [-0.3, -0.25) is 9.59 Å². The van der Waals surface area contributed by atoms with Crippen LogP contribution in [0.2, 0.25) is 0 Å². The van der Waals surface area contributed by atoms with E-state index in [9.17, 15) is 9.59 Å². The number of β-amino-alcohol motifs (C(OH)–C–C–N with tert-alkyl or cyclic N) is 1. The molecular formula is C18H17N3O3S2. The minimum absolute atomic E-state index is 0.0307. The van der Waals surface area contributed by atoms with Gasteiger partial charge in [0.1, 0.15) is 11.2 Å². The molecule has 3 N–H and O–H groups in total. The Labute approximate surface area is 159 Å². The van der Waals surface area contributed by atoms with Crippen LogP contribution in [0.1, 0.15) is 20.8 Å². The van der Waals surface area contributed by atoms with E-state index in [-0.39, 0.29) is 23.9 Å². The van der Waals surface area contributed by atoms with Crippen molar-refractivity contribution in [2.24, 2.45) is 0 Å². The second kappa shape index (κ2) is 6.79. The molecule has 0 radical (unpaired) electrons. The molecular weight excluding hydrogens is 370 g/mol. The number of carbonyl (C=O) groups is 2. The molecule has 2 aliphatic heterocycles. The van der Waals surface area contributed by atoms with Gasteiger partial charge < -0.3 is 20.6 Å². The van der Waals surface area contributed by atoms with Crippen LogP contribution in [-0.2, 0) is 11.3 Å². The van der Waals surface area contributed by atoms with Gasteiger partial charge in [-0.15, -0.1) is 24.0 Å². The Hall–Kier alpha value is -2.29. The maximum Gasteiger partial charge on any atom is 0.269 e. The van der Waals surface area contributed by atoms with E-state index in [1.807, 2.05) is 30.3 Å². The van der Waals surface area contributed by atoms with Crippen molar-refractivity contribution in [3.63, 3.8) is 0 Å². The highest BCUT2D eigenvalue weighted by Gasteiger charge is 2.27. The average molecular weight is 387 g/mol. The summed E-state index contributed by atoms with van der Waals surface area (Å²) >= 11 is 5.75. The van der Waals surface area contributed by atoms with E-state index in [1.165, 1.54) is 0 Å². The number of thiol groups is 1. The zero-order chi connectivity index (χ0) is 18.3. The average Bonchev–Trinajstić information content (AvgIpc) is 3.28. The molecule has 0 spiro atoms. The lowest BCUT2D eigenvalue weighted by molar-refractivity contribution is -0.116. The SMILES string of the molecule is O=C1NC(S)N/C1=C/c1ccc(-c2ccc3c(c2)CN(CCO)C3=O)s1. The minimum atomic E-state index is -0.357. The summed E-state index contributed by atoms with van der Waals surface area (Å²) in [5, 5.41) is 14.7. The number of fused-ring (bicyclic) bond motifs is 1. The molecule has 26 heavy (non-hydrogen) atoms. The number of nitrogens with one attached hydrogen (secondary N) is 2. The highest BCUT2D eigenvalue weighted by molar-refractivity contribution is 7.80. The van der Waals surface area contributed by atoms with Gasteiger partial charge in [0, 0.05) is 28.4 Å². The summed E-state index contributed by atoms with van der Waals surface area (Å²) < 4.78 is 0. The van der Waals surface area contributed by atoms with E-state index >= 15 is 0 Å². The van der Waals surface area contributed by atoms with Crippen molar-refractivity contribution in [2.45, 2.75) is 12.0 Å². The molecule has 0 aliphatic carbocycles. The van der Waals surface area contributed by atoms with Gasteiger partial charge in [-0.05, 0) is 41.5 Å². The number of benzene rings is 1. The summed E-state index contributed by atoms with van der Waals surface area (Å²) in [4.78, 5) is 27.7. The van der Waals surface area contributed by atoms with E-state index in [0.717, 1.165) is 20.9 Å². The molecule has 2 amide bonds. The van der Waals surface area contributed by atoms with Gasteiger partial charge in [-0.2, -0.15) is 0 Å². The number of nitrogens with zero attached hydrogens (tertiary/aromatic N) is 1. The molecule has 1 atom stereocenters. The van der Waals surface area contributed by atoms with Crippen LogP contribution < -0.4 is 10.6 Å². The molecule has 0 bridgehead atoms. The third kappa shape index (κ3) is 3.11. The topological polar surface area (TPSA) is 81.7 Å². The van der Waals surface area contributed by atoms with Crippen molar-refractivity contribution >= 4 is 41.9 Å². The molecule has 6 nitrogen and oxygen atoms in total. The van der Waals surface area contributed by atoms with Gasteiger partial charge in [0.15, 0.2) is 0 Å². The van der Waals surface area contributed by atoms with E-state index in [4.69, 9.17) is 5.11 Å². The summed E-state index contributed by atoms with van der Waals surface area (Å²) in [6, 6.07) is 9.78. The summed E-state index contributed by atoms with van der Waals surface area (Å²) in [5.41, 5.74) is 2.85. The maximum atomic E-state index is 12.2. The molecule has 1 unspecified atom stereocenters. The lowest BCUT2D eigenvalue weighted by Crippen LogP contribution is -2.26. The number of aliphatic hydroxyl groups excluding tert-OH is 1. The lowest BCUT2D eigenvalue weighted by Gasteiger charge is -2.12. The Bertz CT molecular complexity index is 922. The van der Waals surface area contributed by atoms with Crippen LogP contribution in [0.3, 0.4) is 0 Å². The second-order valence-corrected chi connectivity index (χ2v) is 7.73. The van der Waals surface area contributed by atoms with E-state index in [1.54, 1.807) is 22.3 Å². The van der Waals surface area contributed by atoms with Gasteiger partial charge in [-0.25, -0.2) is 0 Å². The Morgan fingerprint density at radius 3 is 2.85 bits per heavy atom. The van der Waals surface area contributed by atoms with Crippen LogP contribution in [-0.4, -0.2) is 40.5 Å². The normalized spacial score (nSPS) is 20.5. The Kier molecular flexibility index (Phi) is 4.47. The number of carbonyl (C=O) groups excluding carboxylic acids is 2. The monoisotopic (exact) mass is 387 g/mol. The smallest absolute Gasteiger partial charge is 0.269 e. The molecule has 1 fully saturated rings. The zero-order valence-electron chi connectivity index (χ0n) is 13.7. The molecule has 1 saturated heterocycles. The van der Waals surface area contributed by atoms with Crippen molar-refractivity contribution in [1.29, 1.82) is 0 Å². The third-order valence-corrected chi connectivity index (χ3v) is 5.70. The molecule has 1 aromatic heterocycles. The first-order chi connectivity index (χ1) is 12.5. The fraction of sp³-hybridized carbons (Fsp3) is 0.222. The Morgan fingerprint density at radius 2 is 2.12 bits per heavy atom. The first kappa shape index (κ1) is 17.1. The molecule has 1 aromatic carbocycles. The maximum absolute atomic E-state index is 12.2. The predicted octanol–water partition coefficient (Wildman–Crippen LogP) is 1.64. The largest absolute Gasteiger partial charge is 0.395 e. The van der Waals surface area contributed by atoms with Gasteiger partial charge in [0.2, 0.25) is 0 Å². The van der Waals surface area contributed by atoms with Crippen molar-refractivity contribution in [1.82, 2.24) is 15.5 Å². The number of hydrogen-bond acceptors (Lipinski definition) is 6. The first-order valence-corrected chi connectivity index (χ1v) is 9.49. The van der Waals surface area contributed by atoms with Crippen LogP contribution in [0.4, 0.5) is 0 Å². The lowest BCUT2D eigenvalue weighted by atomic mass is 10.1. The summed E-state index contributed by atoms with van der Waals surface area (Å²) in [5.74, 6) is -0.197. The fourth-order valence-electron chi connectivity index (χ4n) is 3.12. The van der Waals surface area contributed by atoms with Crippen LogP contribution in [0.5, 0.6) is 0 Å². The highest BCUT2D eigenvalue weighted by Crippen LogP contribution is 2.33. The molecule has 0 saturated carbocycles. The van der Waals surface area contributed by atoms with E-state index in [2.05, 4.69) is 23.3 Å². The minimum Gasteiger partial charge on any atom is -0.395 e. The zero-order valence-corrected chi connectivity index (χ0v) is 15.4. The van der Waals surface area contributed by atoms with Gasteiger partial charge in [0.25, 0.3) is 11.8 Å². The molecule has 8 heteroatoms. The van der Waals surface area contributed by atoms with Crippen molar-refractivity contribution in [3.05, 3.63) is 52.0 Å². The number of aliphatic hydroxyl groups is 1. The van der Waals surface area contributed by atoms with Crippen LogP contribution in [0.15, 0.2) is 36.0 Å². The van der Waals surface area contributed by atoms with Crippen LogP contribution in [0.25, 0.3) is 16.5 Å². The number of thiophene rings is 1. The van der Waals surface area contributed by atoms with E-state index in [0.29, 0.717) is 24.4 Å². The summed E-state index contributed by atoms with van der Waals surface area (Å²) in [6.07, 6.45) is 1.81. The second-order valence-electron chi connectivity index (χ2n) is 6.10. The number of amides is 2. The van der Waals surface area contributed by atoms with Gasteiger partial charge in [0.05, 0.1) is 6.61 Å². The van der Waals surface area contributed by atoms with Gasteiger partial charge >= 0.3 is 0 Å². The fourth-order valence-corrected chi connectivity index (χ4v) is 4.33. The van der Waals surface area contributed by atoms with Crippen molar-refractivity contribution < 1.29 is 14.7 Å². The quantitative estimate of drug-likeness (QED) is 0.475. The number of rotatable bonds is 4. The molecule has 4 rings (SSSR count). The Morgan fingerprint density at radius 1 is 1.27 bits per heavy atom. The first-order valence-electron chi connectivity index (χ1n) is 8.15. The molecule has 2 aromatic rings. The standard InChI is InChI=1S/C18H17N3O3S2/c22-6-5-21-9-11-7-10(1-3-13(11)17(21)24)15-4-2-12(26-15)8-14-16(23)20-18(25)19-14/h1-4,7-8,18-19,22,25H,5-6,9H2,(H,20,23)/b14-8+. The predicted molar refractivity (Wildman–Crippen MR) is 104 cm³/mol. The summed E-state index contributed by atoms with van der Waals surface area (Å²) in [6.45, 7) is 0.837. The molecule has 2 aliphatic rings. The Balaban J connectivity index is 1.58. The van der Waals surface area contributed by atoms with E-state index < -0.39 is 0 Å². The third-order valence-electron chi connectivity index (χ3n) is 4.36. The van der Waals surface area contributed by atoms with Crippen LogP contribution >= 0.6 is 24.0 Å². The molecule has 3 heterocycles. The molecule has 134 valence electrons. The number of hydrogen-bond donors (Lipinski definition) is 4.